The molecule has 33 heavy (non-hydrogen) atoms. The molecule has 1 aliphatic rings. The zero-order valence-electron chi connectivity index (χ0n) is 16.8. The van der Waals surface area contributed by atoms with Crippen LogP contribution in [0.1, 0.15) is 21.5 Å². The molecule has 3 aromatic carbocycles. The van der Waals surface area contributed by atoms with E-state index in [4.69, 9.17) is 0 Å². The second-order valence-corrected chi connectivity index (χ2v) is 7.71. The van der Waals surface area contributed by atoms with E-state index >= 15 is 8.78 Å². The molecule has 4 aromatic rings. The minimum absolute atomic E-state index is 0.0421. The van der Waals surface area contributed by atoms with Crippen LogP contribution in [0.2, 0.25) is 0 Å². The summed E-state index contributed by atoms with van der Waals surface area (Å²) >= 11 is 0. The zero-order valence-corrected chi connectivity index (χ0v) is 16.8. The number of hydrogen-bond acceptors (Lipinski definition) is 3. The molecule has 1 aliphatic heterocycles. The van der Waals surface area contributed by atoms with E-state index in [1.165, 1.54) is 35.2 Å². The molecule has 0 aliphatic carbocycles. The third-order valence-corrected chi connectivity index (χ3v) is 5.70. The highest BCUT2D eigenvalue weighted by atomic mass is 19.1. The normalized spacial score (nSPS) is 12.9. The van der Waals surface area contributed by atoms with Crippen LogP contribution >= 0.6 is 0 Å². The summed E-state index contributed by atoms with van der Waals surface area (Å²) in [5, 5.41) is 8.96. The van der Waals surface area contributed by atoms with Gasteiger partial charge in [0.05, 0.1) is 10.9 Å². The van der Waals surface area contributed by atoms with Crippen LogP contribution in [0.15, 0.2) is 59.5 Å². The first kappa shape index (κ1) is 20.7. The summed E-state index contributed by atoms with van der Waals surface area (Å²) < 4.78 is 59.1. The Morgan fingerprint density at radius 2 is 1.55 bits per heavy atom. The quantitative estimate of drug-likeness (QED) is 0.454. The van der Waals surface area contributed by atoms with Gasteiger partial charge in [0.25, 0.3) is 0 Å². The molecule has 166 valence electrons. The molecule has 0 amide bonds. The van der Waals surface area contributed by atoms with Crippen LogP contribution in [0, 0.1) is 23.3 Å². The maximum atomic E-state index is 15.9. The number of fused-ring (bicyclic) bond motifs is 2. The summed E-state index contributed by atoms with van der Waals surface area (Å²) in [5.41, 5.74) is -1.08. The first-order chi connectivity index (χ1) is 15.7. The lowest BCUT2D eigenvalue weighted by molar-refractivity contribution is 0.0695. The molecular formula is C24H14F4N2O3. The predicted octanol–water partition coefficient (Wildman–Crippen LogP) is 4.77. The summed E-state index contributed by atoms with van der Waals surface area (Å²) in [6.07, 6.45) is 0.930. The van der Waals surface area contributed by atoms with Crippen molar-refractivity contribution >= 4 is 22.6 Å². The first-order valence-electron chi connectivity index (χ1n) is 9.83. The number of carboxylic acid groups (broad SMARTS) is 1. The van der Waals surface area contributed by atoms with Crippen LogP contribution < -0.4 is 10.3 Å². The van der Waals surface area contributed by atoms with E-state index in [-0.39, 0.29) is 24.3 Å². The van der Waals surface area contributed by atoms with Crippen LogP contribution in [-0.2, 0) is 13.1 Å². The SMILES string of the molecule is O=C(O)c1cn(-c2ccc(F)cc2)c2c(F)c(N3Cc4ccc(F)cc4C3)c(F)cc2c1=O. The van der Waals surface area contributed by atoms with Crippen molar-refractivity contribution in [3.8, 4) is 5.69 Å². The minimum Gasteiger partial charge on any atom is -0.477 e. The smallest absolute Gasteiger partial charge is 0.341 e. The molecule has 5 rings (SSSR count). The Morgan fingerprint density at radius 3 is 2.24 bits per heavy atom. The van der Waals surface area contributed by atoms with E-state index < -0.39 is 51.3 Å². The monoisotopic (exact) mass is 454 g/mol. The molecule has 0 fully saturated rings. The van der Waals surface area contributed by atoms with Gasteiger partial charge in [-0.2, -0.15) is 0 Å². The predicted molar refractivity (Wildman–Crippen MR) is 113 cm³/mol. The van der Waals surface area contributed by atoms with Crippen LogP contribution in [0.3, 0.4) is 0 Å². The van der Waals surface area contributed by atoms with Gasteiger partial charge in [-0.25, -0.2) is 22.4 Å². The van der Waals surface area contributed by atoms with Crippen LogP contribution in [-0.4, -0.2) is 15.6 Å². The molecule has 1 aromatic heterocycles. The number of pyridine rings is 1. The van der Waals surface area contributed by atoms with Gasteiger partial charge in [0.2, 0.25) is 5.43 Å². The van der Waals surface area contributed by atoms with Crippen molar-refractivity contribution in [2.45, 2.75) is 13.1 Å². The second kappa shape index (κ2) is 7.47. The molecule has 5 nitrogen and oxygen atoms in total. The topological polar surface area (TPSA) is 62.5 Å². The standard InChI is InChI=1S/C24H14F4N2O3/c25-14-3-5-16(6-4-14)30-11-18(24(32)33)23(31)17-8-19(27)22(20(28)21(17)30)29-9-12-1-2-15(26)7-13(12)10-29/h1-8,11H,9-10H2,(H,32,33). The van der Waals surface area contributed by atoms with Crippen molar-refractivity contribution in [3.63, 3.8) is 0 Å². The lowest BCUT2D eigenvalue weighted by atomic mass is 10.1. The summed E-state index contributed by atoms with van der Waals surface area (Å²) in [5.74, 6) is -4.76. The third kappa shape index (κ3) is 3.32. The average molecular weight is 454 g/mol. The van der Waals surface area contributed by atoms with Gasteiger partial charge in [0.1, 0.15) is 28.7 Å². The summed E-state index contributed by atoms with van der Waals surface area (Å²) in [6.45, 7) is 0.156. The van der Waals surface area contributed by atoms with Gasteiger partial charge in [-0.15, -0.1) is 0 Å². The molecule has 1 N–H and O–H groups in total. The maximum Gasteiger partial charge on any atom is 0.341 e. The van der Waals surface area contributed by atoms with Crippen LogP contribution in [0.5, 0.6) is 0 Å². The van der Waals surface area contributed by atoms with Crippen LogP contribution in [0.4, 0.5) is 23.2 Å². The zero-order chi connectivity index (χ0) is 23.4. The van der Waals surface area contributed by atoms with E-state index in [9.17, 15) is 23.5 Å². The average Bonchev–Trinajstić information content (AvgIpc) is 3.17. The molecular weight excluding hydrogens is 440 g/mol. The molecule has 2 heterocycles. The first-order valence-corrected chi connectivity index (χ1v) is 9.83. The number of rotatable bonds is 3. The van der Waals surface area contributed by atoms with Gasteiger partial charge in [-0.1, -0.05) is 6.07 Å². The van der Waals surface area contributed by atoms with E-state index in [1.54, 1.807) is 0 Å². The molecule has 0 unspecified atom stereocenters. The fourth-order valence-electron chi connectivity index (χ4n) is 4.17. The molecule has 0 bridgehead atoms. The molecule has 0 spiro atoms. The van der Waals surface area contributed by atoms with E-state index in [2.05, 4.69) is 0 Å². The maximum absolute atomic E-state index is 15.9. The fourth-order valence-corrected chi connectivity index (χ4v) is 4.17. The van der Waals surface area contributed by atoms with Gasteiger partial charge in [0, 0.05) is 25.0 Å². The number of carbonyl (C=O) groups is 1. The van der Waals surface area contributed by atoms with Gasteiger partial charge in [-0.05, 0) is 53.6 Å². The number of hydrogen-bond donors (Lipinski definition) is 1. The minimum atomic E-state index is -1.57. The Hall–Kier alpha value is -4.14. The Morgan fingerprint density at radius 1 is 0.879 bits per heavy atom. The highest BCUT2D eigenvalue weighted by Crippen LogP contribution is 2.36. The van der Waals surface area contributed by atoms with Crippen molar-refractivity contribution < 1.29 is 27.5 Å². The largest absolute Gasteiger partial charge is 0.477 e. The third-order valence-electron chi connectivity index (χ3n) is 5.70. The van der Waals surface area contributed by atoms with Gasteiger partial charge < -0.3 is 14.6 Å². The molecule has 0 saturated heterocycles. The van der Waals surface area contributed by atoms with Gasteiger partial charge >= 0.3 is 5.97 Å². The fraction of sp³-hybridized carbons (Fsp3) is 0.0833. The molecule has 0 radical (unpaired) electrons. The number of halogens is 4. The Balaban J connectivity index is 1.78. The van der Waals surface area contributed by atoms with E-state index in [0.717, 1.165) is 29.0 Å². The molecule has 9 heteroatoms. The Bertz CT molecular complexity index is 1510. The number of anilines is 1. The van der Waals surface area contributed by atoms with Crippen molar-refractivity contribution in [1.82, 2.24) is 4.57 Å². The van der Waals surface area contributed by atoms with Crippen molar-refractivity contribution in [1.29, 1.82) is 0 Å². The molecule has 0 atom stereocenters. The second-order valence-electron chi connectivity index (χ2n) is 7.71. The summed E-state index contributed by atoms with van der Waals surface area (Å²) in [7, 11) is 0. The van der Waals surface area contributed by atoms with Gasteiger partial charge in [-0.3, -0.25) is 4.79 Å². The Kier molecular flexibility index (Phi) is 4.70. The van der Waals surface area contributed by atoms with Crippen molar-refractivity contribution in [3.05, 3.63) is 105 Å². The van der Waals surface area contributed by atoms with Gasteiger partial charge in [0.15, 0.2) is 5.82 Å². The lowest BCUT2D eigenvalue weighted by Crippen LogP contribution is -2.22. The molecule has 0 saturated carbocycles. The number of benzene rings is 3. The van der Waals surface area contributed by atoms with Crippen molar-refractivity contribution in [2.75, 3.05) is 4.90 Å². The van der Waals surface area contributed by atoms with E-state index in [0.29, 0.717) is 11.1 Å². The van der Waals surface area contributed by atoms with Crippen molar-refractivity contribution in [2.24, 2.45) is 0 Å². The lowest BCUT2D eigenvalue weighted by Gasteiger charge is -2.22. The highest BCUT2D eigenvalue weighted by Gasteiger charge is 2.29. The van der Waals surface area contributed by atoms with E-state index in [1.807, 2.05) is 0 Å². The summed E-state index contributed by atoms with van der Waals surface area (Å²) in [6, 6.07) is 9.63. The number of aromatic nitrogens is 1. The number of nitrogens with zero attached hydrogens (tertiary/aromatic N) is 2. The Labute approximate surface area is 183 Å². The van der Waals surface area contributed by atoms with Crippen LogP contribution in [0.25, 0.3) is 16.6 Å². The summed E-state index contributed by atoms with van der Waals surface area (Å²) in [4.78, 5) is 25.7. The highest BCUT2D eigenvalue weighted by molar-refractivity contribution is 5.94. The number of carboxylic acids is 1. The number of aromatic carboxylic acids is 1.